The molecule has 2 aromatic carbocycles. The molecule has 0 aliphatic heterocycles. The zero-order valence-corrected chi connectivity index (χ0v) is 11.8. The van der Waals surface area contributed by atoms with Crippen molar-refractivity contribution >= 4 is 27.5 Å². The highest BCUT2D eigenvalue weighted by Gasteiger charge is 2.13. The second kappa shape index (κ2) is 5.75. The fourth-order valence-electron chi connectivity index (χ4n) is 1.58. The SMILES string of the molecule is COc1ccc(C(=O)Nc2ccccc2Br)c(O)c1. The Morgan fingerprint density at radius 3 is 2.63 bits per heavy atom. The zero-order chi connectivity index (χ0) is 13.8. The molecule has 0 aliphatic carbocycles. The first-order valence-corrected chi connectivity index (χ1v) is 6.34. The lowest BCUT2D eigenvalue weighted by Gasteiger charge is -2.09. The lowest BCUT2D eigenvalue weighted by atomic mass is 10.1. The fourth-order valence-corrected chi connectivity index (χ4v) is 1.97. The van der Waals surface area contributed by atoms with E-state index in [0.717, 1.165) is 4.47 Å². The van der Waals surface area contributed by atoms with Crippen LogP contribution >= 0.6 is 15.9 Å². The van der Waals surface area contributed by atoms with Crippen LogP contribution in [0.15, 0.2) is 46.9 Å². The van der Waals surface area contributed by atoms with Gasteiger partial charge in [-0.1, -0.05) is 12.1 Å². The topological polar surface area (TPSA) is 58.6 Å². The van der Waals surface area contributed by atoms with Gasteiger partial charge in [0.2, 0.25) is 0 Å². The number of rotatable bonds is 3. The highest BCUT2D eigenvalue weighted by molar-refractivity contribution is 9.10. The minimum atomic E-state index is -0.382. The van der Waals surface area contributed by atoms with E-state index in [4.69, 9.17) is 4.74 Å². The molecule has 0 atom stereocenters. The molecule has 0 fully saturated rings. The van der Waals surface area contributed by atoms with Gasteiger partial charge in [-0.05, 0) is 40.2 Å². The van der Waals surface area contributed by atoms with Crippen molar-refractivity contribution in [1.29, 1.82) is 0 Å². The Kier molecular flexibility index (Phi) is 4.06. The second-order valence-corrected chi connectivity index (χ2v) is 4.67. The lowest BCUT2D eigenvalue weighted by Crippen LogP contribution is -2.12. The summed E-state index contributed by atoms with van der Waals surface area (Å²) in [6.07, 6.45) is 0. The monoisotopic (exact) mass is 321 g/mol. The van der Waals surface area contributed by atoms with Crippen molar-refractivity contribution in [2.45, 2.75) is 0 Å². The number of methoxy groups -OCH3 is 1. The van der Waals surface area contributed by atoms with Crippen molar-refractivity contribution in [3.8, 4) is 11.5 Å². The van der Waals surface area contributed by atoms with E-state index in [2.05, 4.69) is 21.2 Å². The first-order chi connectivity index (χ1) is 9.11. The molecule has 0 aromatic heterocycles. The van der Waals surface area contributed by atoms with Gasteiger partial charge in [0.15, 0.2) is 0 Å². The summed E-state index contributed by atoms with van der Waals surface area (Å²) in [5, 5.41) is 12.5. The molecule has 0 bridgehead atoms. The van der Waals surface area contributed by atoms with Crippen LogP contribution in [0.5, 0.6) is 11.5 Å². The number of benzene rings is 2. The number of carbonyl (C=O) groups excluding carboxylic acids is 1. The van der Waals surface area contributed by atoms with Gasteiger partial charge in [0, 0.05) is 10.5 Å². The average molecular weight is 322 g/mol. The number of carbonyl (C=O) groups is 1. The van der Waals surface area contributed by atoms with Crippen LogP contribution in [0.2, 0.25) is 0 Å². The van der Waals surface area contributed by atoms with E-state index in [1.54, 1.807) is 12.1 Å². The number of aromatic hydroxyl groups is 1. The Hall–Kier alpha value is -2.01. The van der Waals surface area contributed by atoms with Crippen LogP contribution in [0.25, 0.3) is 0 Å². The quantitative estimate of drug-likeness (QED) is 0.910. The van der Waals surface area contributed by atoms with Gasteiger partial charge in [0.25, 0.3) is 5.91 Å². The van der Waals surface area contributed by atoms with Crippen LogP contribution in [0.3, 0.4) is 0 Å². The normalized spacial score (nSPS) is 10.0. The number of hydrogen-bond donors (Lipinski definition) is 2. The van der Waals surface area contributed by atoms with Crippen molar-refractivity contribution in [3.05, 3.63) is 52.5 Å². The molecular weight excluding hydrogens is 310 g/mol. The van der Waals surface area contributed by atoms with Gasteiger partial charge in [0.05, 0.1) is 18.4 Å². The highest BCUT2D eigenvalue weighted by atomic mass is 79.9. The Labute approximate surface area is 119 Å². The summed E-state index contributed by atoms with van der Waals surface area (Å²) in [7, 11) is 1.50. The number of phenolic OH excluding ortho intramolecular Hbond substituents is 1. The number of para-hydroxylation sites is 1. The lowest BCUT2D eigenvalue weighted by molar-refractivity contribution is 0.102. The van der Waals surface area contributed by atoms with Crippen LogP contribution in [0.1, 0.15) is 10.4 Å². The highest BCUT2D eigenvalue weighted by Crippen LogP contribution is 2.26. The van der Waals surface area contributed by atoms with Crippen molar-refractivity contribution in [2.75, 3.05) is 12.4 Å². The zero-order valence-electron chi connectivity index (χ0n) is 10.2. The summed E-state index contributed by atoms with van der Waals surface area (Å²) in [4.78, 5) is 12.1. The molecule has 2 rings (SSSR count). The molecular formula is C14H12BrNO3. The predicted molar refractivity (Wildman–Crippen MR) is 76.8 cm³/mol. The minimum Gasteiger partial charge on any atom is -0.507 e. The van der Waals surface area contributed by atoms with Crippen molar-refractivity contribution in [1.82, 2.24) is 0 Å². The van der Waals surface area contributed by atoms with E-state index < -0.39 is 0 Å². The van der Waals surface area contributed by atoms with Crippen LogP contribution in [-0.2, 0) is 0 Å². The Balaban J connectivity index is 2.23. The molecule has 98 valence electrons. The molecule has 2 aromatic rings. The number of amides is 1. The molecule has 0 unspecified atom stereocenters. The molecule has 19 heavy (non-hydrogen) atoms. The summed E-state index contributed by atoms with van der Waals surface area (Å²) in [6, 6.07) is 11.8. The Morgan fingerprint density at radius 2 is 2.00 bits per heavy atom. The molecule has 0 saturated carbocycles. The molecule has 2 N–H and O–H groups in total. The van der Waals surface area contributed by atoms with Crippen LogP contribution < -0.4 is 10.1 Å². The first-order valence-electron chi connectivity index (χ1n) is 5.54. The largest absolute Gasteiger partial charge is 0.507 e. The van der Waals surface area contributed by atoms with Gasteiger partial charge >= 0.3 is 0 Å². The van der Waals surface area contributed by atoms with E-state index in [-0.39, 0.29) is 17.2 Å². The minimum absolute atomic E-state index is 0.121. The summed E-state index contributed by atoms with van der Waals surface area (Å²) >= 11 is 3.34. The van der Waals surface area contributed by atoms with Crippen LogP contribution in [-0.4, -0.2) is 18.1 Å². The third-order valence-corrected chi connectivity index (χ3v) is 3.26. The van der Waals surface area contributed by atoms with E-state index >= 15 is 0 Å². The number of halogens is 1. The maximum atomic E-state index is 12.1. The van der Waals surface area contributed by atoms with Gasteiger partial charge in [0.1, 0.15) is 11.5 Å². The van der Waals surface area contributed by atoms with Gasteiger partial charge in [-0.3, -0.25) is 4.79 Å². The van der Waals surface area contributed by atoms with Gasteiger partial charge in [-0.25, -0.2) is 0 Å². The smallest absolute Gasteiger partial charge is 0.259 e. The van der Waals surface area contributed by atoms with E-state index in [1.807, 2.05) is 18.2 Å². The molecule has 4 nitrogen and oxygen atoms in total. The summed E-state index contributed by atoms with van der Waals surface area (Å²) < 4.78 is 5.74. The number of anilines is 1. The molecule has 0 aliphatic rings. The first kappa shape index (κ1) is 13.4. The Morgan fingerprint density at radius 1 is 1.26 bits per heavy atom. The number of hydrogen-bond acceptors (Lipinski definition) is 3. The van der Waals surface area contributed by atoms with Crippen LogP contribution in [0.4, 0.5) is 5.69 Å². The predicted octanol–water partition coefficient (Wildman–Crippen LogP) is 3.42. The standard InChI is InChI=1S/C14H12BrNO3/c1-19-9-6-7-10(13(17)8-9)14(18)16-12-5-3-2-4-11(12)15/h2-8,17H,1H3,(H,16,18). The average Bonchev–Trinajstić information content (AvgIpc) is 2.41. The maximum Gasteiger partial charge on any atom is 0.259 e. The second-order valence-electron chi connectivity index (χ2n) is 3.82. The number of ether oxygens (including phenoxy) is 1. The van der Waals surface area contributed by atoms with Crippen LogP contribution in [0, 0.1) is 0 Å². The number of phenols is 1. The Bertz CT molecular complexity index is 613. The van der Waals surface area contributed by atoms with Gasteiger partial charge < -0.3 is 15.2 Å². The third kappa shape index (κ3) is 3.06. The third-order valence-electron chi connectivity index (χ3n) is 2.57. The van der Waals surface area contributed by atoms with Gasteiger partial charge in [-0.15, -0.1) is 0 Å². The number of nitrogens with one attached hydrogen (secondary N) is 1. The molecule has 5 heteroatoms. The van der Waals surface area contributed by atoms with E-state index in [1.165, 1.54) is 19.2 Å². The van der Waals surface area contributed by atoms with Crippen molar-refractivity contribution in [2.24, 2.45) is 0 Å². The molecule has 0 radical (unpaired) electrons. The summed E-state index contributed by atoms with van der Waals surface area (Å²) in [5.41, 5.74) is 0.833. The molecule has 1 amide bonds. The maximum absolute atomic E-state index is 12.1. The van der Waals surface area contributed by atoms with Crippen molar-refractivity contribution < 1.29 is 14.6 Å². The molecule has 0 heterocycles. The van der Waals surface area contributed by atoms with Gasteiger partial charge in [-0.2, -0.15) is 0 Å². The fraction of sp³-hybridized carbons (Fsp3) is 0.0714. The summed E-state index contributed by atoms with van der Waals surface area (Å²) in [5.74, 6) is -0.00843. The molecule has 0 saturated heterocycles. The van der Waals surface area contributed by atoms with Crippen molar-refractivity contribution in [3.63, 3.8) is 0 Å². The summed E-state index contributed by atoms with van der Waals surface area (Å²) in [6.45, 7) is 0. The van der Waals surface area contributed by atoms with E-state index in [9.17, 15) is 9.90 Å². The van der Waals surface area contributed by atoms with E-state index in [0.29, 0.717) is 11.4 Å². The molecule has 0 spiro atoms.